The second-order valence-electron chi connectivity index (χ2n) is 9.20. The van der Waals surface area contributed by atoms with E-state index in [1.807, 2.05) is 0 Å². The summed E-state index contributed by atoms with van der Waals surface area (Å²) in [6.45, 7) is 6.11. The second kappa shape index (κ2) is 4.58. The van der Waals surface area contributed by atoms with E-state index in [-0.39, 0.29) is 36.1 Å². The lowest BCUT2D eigenvalue weighted by Crippen LogP contribution is -2.67. The third-order valence-electron chi connectivity index (χ3n) is 8.15. The molecule has 0 bridgehead atoms. The van der Waals surface area contributed by atoms with Crippen molar-refractivity contribution < 1.29 is 28.6 Å². The summed E-state index contributed by atoms with van der Waals surface area (Å²) in [5, 5.41) is 0. The van der Waals surface area contributed by atoms with Crippen LogP contribution < -0.4 is 0 Å². The Morgan fingerprint density at radius 1 is 1.15 bits per heavy atom. The van der Waals surface area contributed by atoms with Gasteiger partial charge in [0.15, 0.2) is 11.4 Å². The van der Waals surface area contributed by atoms with Crippen LogP contribution in [-0.2, 0) is 28.6 Å². The van der Waals surface area contributed by atoms with E-state index in [0.29, 0.717) is 25.7 Å². The van der Waals surface area contributed by atoms with Gasteiger partial charge in [0.05, 0.1) is 11.9 Å². The van der Waals surface area contributed by atoms with Crippen LogP contribution in [0.1, 0.15) is 46.5 Å². The maximum atomic E-state index is 13.0. The van der Waals surface area contributed by atoms with E-state index in [1.165, 1.54) is 6.26 Å². The Morgan fingerprint density at radius 3 is 2.62 bits per heavy atom. The van der Waals surface area contributed by atoms with Crippen molar-refractivity contribution in [2.45, 2.75) is 63.8 Å². The Labute approximate surface area is 152 Å². The highest BCUT2D eigenvalue weighted by Gasteiger charge is 2.77. The highest BCUT2D eigenvalue weighted by Crippen LogP contribution is 2.69. The largest absolute Gasteiger partial charge is 0.498 e. The quantitative estimate of drug-likeness (QED) is 0.485. The molecular weight excluding hydrogens is 336 g/mol. The predicted molar refractivity (Wildman–Crippen MR) is 88.9 cm³/mol. The number of ketones is 2. The van der Waals surface area contributed by atoms with Crippen LogP contribution in [-0.4, -0.2) is 41.4 Å². The van der Waals surface area contributed by atoms with Gasteiger partial charge in [0, 0.05) is 24.2 Å². The zero-order valence-electron chi connectivity index (χ0n) is 15.4. The molecule has 6 heteroatoms. The molecule has 0 aromatic rings. The first-order chi connectivity index (χ1) is 12.2. The van der Waals surface area contributed by atoms with E-state index in [4.69, 9.17) is 14.2 Å². The van der Waals surface area contributed by atoms with Gasteiger partial charge >= 0.3 is 5.97 Å². The summed E-state index contributed by atoms with van der Waals surface area (Å²) in [6.07, 6.45) is 4.80. The molecule has 26 heavy (non-hydrogen) atoms. The van der Waals surface area contributed by atoms with Crippen molar-refractivity contribution in [3.8, 4) is 0 Å². The molecule has 2 spiro atoms. The van der Waals surface area contributed by atoms with Crippen molar-refractivity contribution in [2.75, 3.05) is 6.61 Å². The SMILES string of the molecule is C[C@@H]1C[C@H]2OC(=O)[C@@]3(C)C(=O)CC[C@@](C)([C@@H]23)[C@@]12CC(=O)[C@@]1(C=COC1)O2. The van der Waals surface area contributed by atoms with Gasteiger partial charge in [-0.25, -0.2) is 0 Å². The summed E-state index contributed by atoms with van der Waals surface area (Å²) in [5.74, 6) is -0.638. The predicted octanol–water partition coefficient (Wildman–Crippen LogP) is 1.95. The monoisotopic (exact) mass is 360 g/mol. The molecule has 7 atom stereocenters. The van der Waals surface area contributed by atoms with E-state index < -0.39 is 28.0 Å². The Kier molecular flexibility index (Phi) is 2.91. The van der Waals surface area contributed by atoms with Crippen LogP contribution in [0, 0.1) is 22.7 Å². The number of Topliss-reactive ketones (excluding diaryl/α,β-unsaturated/α-hetero) is 2. The molecule has 3 heterocycles. The van der Waals surface area contributed by atoms with E-state index in [9.17, 15) is 14.4 Å². The standard InChI is InChI=1S/C20H24O6/c1-11-8-12-15-17(2,5-4-13(21)18(15,3)16(23)25-12)20(11)9-14(22)19(26-20)6-7-24-10-19/h6-7,11-12,15H,4-5,8-10H2,1-3H3/t11-,12-,15-,17+,18+,19+,20-/m1/s1. The molecule has 5 rings (SSSR count). The minimum Gasteiger partial charge on any atom is -0.498 e. The van der Waals surface area contributed by atoms with Gasteiger partial charge in [0.2, 0.25) is 0 Å². The fourth-order valence-corrected chi connectivity index (χ4v) is 6.72. The summed E-state index contributed by atoms with van der Waals surface area (Å²) in [7, 11) is 0. The van der Waals surface area contributed by atoms with Crippen molar-refractivity contribution in [3.63, 3.8) is 0 Å². The van der Waals surface area contributed by atoms with Gasteiger partial charge in [-0.2, -0.15) is 0 Å². The number of esters is 1. The Balaban J connectivity index is 1.67. The number of carbonyl (C=O) groups excluding carboxylic acids is 3. The first kappa shape index (κ1) is 16.5. The summed E-state index contributed by atoms with van der Waals surface area (Å²) < 4.78 is 17.7. The van der Waals surface area contributed by atoms with Gasteiger partial charge in [-0.05, 0) is 31.8 Å². The number of rotatable bonds is 0. The van der Waals surface area contributed by atoms with Crippen LogP contribution >= 0.6 is 0 Å². The third-order valence-corrected chi connectivity index (χ3v) is 8.15. The lowest BCUT2D eigenvalue weighted by atomic mass is 9.44. The van der Waals surface area contributed by atoms with Crippen molar-refractivity contribution in [2.24, 2.45) is 22.7 Å². The van der Waals surface area contributed by atoms with Gasteiger partial charge in [-0.1, -0.05) is 13.8 Å². The Bertz CT molecular complexity index is 772. The van der Waals surface area contributed by atoms with Crippen molar-refractivity contribution in [3.05, 3.63) is 12.3 Å². The molecule has 4 fully saturated rings. The maximum Gasteiger partial charge on any atom is 0.320 e. The highest BCUT2D eigenvalue weighted by molar-refractivity contribution is 6.06. The van der Waals surface area contributed by atoms with Gasteiger partial charge in [0.1, 0.15) is 23.9 Å². The zero-order valence-corrected chi connectivity index (χ0v) is 15.4. The normalized spacial score (nSPS) is 54.7. The summed E-state index contributed by atoms with van der Waals surface area (Å²) in [6, 6.07) is 0. The van der Waals surface area contributed by atoms with Crippen molar-refractivity contribution >= 4 is 17.5 Å². The van der Waals surface area contributed by atoms with Crippen molar-refractivity contribution in [1.82, 2.24) is 0 Å². The molecule has 0 N–H and O–H groups in total. The highest BCUT2D eigenvalue weighted by atomic mass is 16.6. The lowest BCUT2D eigenvalue weighted by molar-refractivity contribution is -0.242. The van der Waals surface area contributed by atoms with Gasteiger partial charge in [-0.15, -0.1) is 0 Å². The molecule has 2 saturated heterocycles. The Morgan fingerprint density at radius 2 is 1.92 bits per heavy atom. The maximum absolute atomic E-state index is 13.0. The first-order valence-electron chi connectivity index (χ1n) is 9.47. The van der Waals surface area contributed by atoms with Crippen molar-refractivity contribution in [1.29, 1.82) is 0 Å². The van der Waals surface area contributed by atoms with Gasteiger partial charge < -0.3 is 14.2 Å². The van der Waals surface area contributed by atoms with Crippen LogP contribution in [0.2, 0.25) is 0 Å². The molecule has 140 valence electrons. The molecule has 0 aromatic heterocycles. The van der Waals surface area contributed by atoms with Crippen LogP contribution in [0.4, 0.5) is 0 Å². The molecule has 2 aliphatic carbocycles. The minimum atomic E-state index is -1.13. The van der Waals surface area contributed by atoms with E-state index in [0.717, 1.165) is 0 Å². The number of carbonyl (C=O) groups is 3. The molecule has 6 nitrogen and oxygen atoms in total. The Hall–Kier alpha value is -1.69. The molecule has 2 saturated carbocycles. The fourth-order valence-electron chi connectivity index (χ4n) is 6.72. The smallest absolute Gasteiger partial charge is 0.320 e. The number of hydrogen-bond acceptors (Lipinski definition) is 6. The molecule has 3 aliphatic heterocycles. The topological polar surface area (TPSA) is 78.9 Å². The summed E-state index contributed by atoms with van der Waals surface area (Å²) in [5.41, 5.74) is -3.35. The zero-order chi connectivity index (χ0) is 18.5. The van der Waals surface area contributed by atoms with E-state index in [1.54, 1.807) is 13.0 Å². The van der Waals surface area contributed by atoms with E-state index >= 15 is 0 Å². The molecule has 0 amide bonds. The van der Waals surface area contributed by atoms with Crippen LogP contribution in [0.15, 0.2) is 12.3 Å². The summed E-state index contributed by atoms with van der Waals surface area (Å²) >= 11 is 0. The summed E-state index contributed by atoms with van der Waals surface area (Å²) in [4.78, 5) is 38.4. The van der Waals surface area contributed by atoms with Gasteiger partial charge in [-0.3, -0.25) is 14.4 Å². The molecule has 0 unspecified atom stereocenters. The molecule has 0 aromatic carbocycles. The van der Waals surface area contributed by atoms with Crippen LogP contribution in [0.5, 0.6) is 0 Å². The van der Waals surface area contributed by atoms with Crippen LogP contribution in [0.3, 0.4) is 0 Å². The van der Waals surface area contributed by atoms with Gasteiger partial charge in [0.25, 0.3) is 0 Å². The van der Waals surface area contributed by atoms with Crippen LogP contribution in [0.25, 0.3) is 0 Å². The molecular formula is C20H24O6. The van der Waals surface area contributed by atoms with E-state index in [2.05, 4.69) is 13.8 Å². The first-order valence-corrected chi connectivity index (χ1v) is 9.47. The second-order valence-corrected chi connectivity index (χ2v) is 9.20. The third kappa shape index (κ3) is 1.53. The minimum absolute atomic E-state index is 0.0293. The average Bonchev–Trinajstić information content (AvgIpc) is 3.23. The molecule has 0 radical (unpaired) electrons. The number of hydrogen-bond donors (Lipinski definition) is 0. The lowest BCUT2D eigenvalue weighted by Gasteiger charge is -2.61. The molecule has 5 aliphatic rings. The average molecular weight is 360 g/mol. The number of fused-ring (bicyclic) bond motifs is 1. The fraction of sp³-hybridized carbons (Fsp3) is 0.750. The number of ether oxygens (including phenoxy) is 3.